The Labute approximate surface area is 312 Å². The number of amides is 1. The maximum Gasteiger partial charge on any atom is 0.278 e. The molecule has 14 heteroatoms. The lowest BCUT2D eigenvalue weighted by Crippen LogP contribution is -2.47. The van der Waals surface area contributed by atoms with Crippen LogP contribution in [-0.4, -0.2) is 77.6 Å². The highest BCUT2D eigenvalue weighted by molar-refractivity contribution is 7.90. The standard InChI is InChI=1S/C39H46N6O6S2/c1-7-44(23-21-40-52(6,47)48)31-18-19-33(29(4)26-31)41-37(39(46)43-32-14-9-8-13-28(32)3)38-42-34-15-10-11-16-36(34)53(49,50)45(38)22-12-24-51-35-20-17-27(2)25-30(35)5/h8-11,13-20,25-26,40H,7,12,21-24H2,1-6H3,(H,43,46). The van der Waals surface area contributed by atoms with Crippen LogP contribution < -0.4 is 19.7 Å². The maximum atomic E-state index is 14.3. The number of hydrogen-bond acceptors (Lipinski definition) is 9. The molecule has 1 heterocycles. The molecule has 0 atom stereocenters. The van der Waals surface area contributed by atoms with E-state index in [9.17, 15) is 21.6 Å². The summed E-state index contributed by atoms with van der Waals surface area (Å²) in [6, 6.07) is 25.1. The van der Waals surface area contributed by atoms with E-state index in [4.69, 9.17) is 14.7 Å². The highest BCUT2D eigenvalue weighted by atomic mass is 32.2. The fourth-order valence-electron chi connectivity index (χ4n) is 5.93. The van der Waals surface area contributed by atoms with Crippen LogP contribution in [0.15, 0.2) is 99.8 Å². The van der Waals surface area contributed by atoms with E-state index >= 15 is 0 Å². The first-order valence-corrected chi connectivity index (χ1v) is 20.7. The van der Waals surface area contributed by atoms with E-state index in [1.54, 1.807) is 36.4 Å². The molecule has 4 aromatic carbocycles. The minimum absolute atomic E-state index is 0.0258. The van der Waals surface area contributed by atoms with Gasteiger partial charge in [0.25, 0.3) is 15.9 Å². The molecular weight excluding hydrogens is 713 g/mol. The molecule has 1 amide bonds. The van der Waals surface area contributed by atoms with Crippen molar-refractivity contribution in [2.24, 2.45) is 9.98 Å². The van der Waals surface area contributed by atoms with E-state index < -0.39 is 26.0 Å². The van der Waals surface area contributed by atoms with Gasteiger partial charge in [-0.25, -0.2) is 35.8 Å². The Bertz CT molecular complexity index is 2270. The Morgan fingerprint density at radius 3 is 2.36 bits per heavy atom. The lowest BCUT2D eigenvalue weighted by Gasteiger charge is -2.30. The molecule has 2 N–H and O–H groups in total. The normalized spacial score (nSPS) is 14.0. The summed E-state index contributed by atoms with van der Waals surface area (Å²) in [7, 11) is -7.50. The van der Waals surface area contributed by atoms with Gasteiger partial charge in [0.05, 0.1) is 24.2 Å². The lowest BCUT2D eigenvalue weighted by atomic mass is 10.1. The number of likely N-dealkylation sites (N-methyl/N-ethyl adjacent to an activating group) is 1. The molecule has 0 fully saturated rings. The second kappa shape index (κ2) is 16.7. The summed E-state index contributed by atoms with van der Waals surface area (Å²) in [5, 5.41) is 2.93. The number of benzene rings is 4. The average Bonchev–Trinajstić information content (AvgIpc) is 3.10. The van der Waals surface area contributed by atoms with E-state index in [0.717, 1.165) is 32.9 Å². The summed E-state index contributed by atoms with van der Waals surface area (Å²) < 4.78 is 61.5. The van der Waals surface area contributed by atoms with Crippen molar-refractivity contribution in [3.8, 4) is 5.75 Å². The van der Waals surface area contributed by atoms with Crippen LogP contribution in [-0.2, 0) is 24.8 Å². The SMILES string of the molecule is CCN(CCNS(C)(=O)=O)c1ccc(N=C(C(=O)Nc2ccccc2C)C2=Nc3ccccc3S(=O)(=O)N2CCCOc2ccc(C)cc2C)c(C)c1. The van der Waals surface area contributed by atoms with Crippen molar-refractivity contribution in [1.82, 2.24) is 9.03 Å². The van der Waals surface area contributed by atoms with Crippen molar-refractivity contribution in [2.45, 2.75) is 45.9 Å². The van der Waals surface area contributed by atoms with Crippen molar-refractivity contribution >= 4 is 60.3 Å². The quantitative estimate of drug-likeness (QED) is 0.108. The molecule has 53 heavy (non-hydrogen) atoms. The first-order valence-electron chi connectivity index (χ1n) is 17.3. The van der Waals surface area contributed by atoms with Gasteiger partial charge in [-0.1, -0.05) is 48.0 Å². The molecule has 5 rings (SSSR count). The number of sulfonamides is 2. The summed E-state index contributed by atoms with van der Waals surface area (Å²) in [6.45, 7) is 11.1. The number of amidine groups is 1. The molecule has 4 aromatic rings. The molecule has 280 valence electrons. The Balaban J connectivity index is 1.54. The van der Waals surface area contributed by atoms with Crippen LogP contribution >= 0.6 is 0 Å². The molecule has 1 aliphatic heterocycles. The Kier molecular flexibility index (Phi) is 12.4. The number of nitrogens with zero attached hydrogens (tertiary/aromatic N) is 4. The van der Waals surface area contributed by atoms with Gasteiger partial charge in [-0.2, -0.15) is 0 Å². The highest BCUT2D eigenvalue weighted by Gasteiger charge is 2.38. The monoisotopic (exact) mass is 758 g/mol. The van der Waals surface area contributed by atoms with Crippen molar-refractivity contribution in [3.63, 3.8) is 0 Å². The number of hydrogen-bond donors (Lipinski definition) is 2. The minimum atomic E-state index is -4.16. The molecular formula is C39H46N6O6S2. The van der Waals surface area contributed by atoms with Crippen molar-refractivity contribution in [2.75, 3.05) is 49.3 Å². The topological polar surface area (TPSA) is 150 Å². The smallest absolute Gasteiger partial charge is 0.278 e. The van der Waals surface area contributed by atoms with Crippen LogP contribution in [0.2, 0.25) is 0 Å². The molecule has 0 saturated carbocycles. The average molecular weight is 759 g/mol. The first-order chi connectivity index (χ1) is 25.2. The molecule has 0 aliphatic carbocycles. The van der Waals surface area contributed by atoms with Crippen LogP contribution in [0.25, 0.3) is 0 Å². The summed E-state index contributed by atoms with van der Waals surface area (Å²) in [6.07, 6.45) is 1.42. The number of anilines is 2. The molecule has 0 radical (unpaired) electrons. The number of aliphatic imine (C=N–C) groups is 2. The van der Waals surface area contributed by atoms with Crippen LogP contribution in [0.1, 0.15) is 35.6 Å². The van der Waals surface area contributed by atoms with Gasteiger partial charge in [-0.3, -0.25) is 4.79 Å². The van der Waals surface area contributed by atoms with Gasteiger partial charge in [0.1, 0.15) is 10.6 Å². The first kappa shape index (κ1) is 39.2. The molecule has 0 unspecified atom stereocenters. The second-order valence-corrected chi connectivity index (χ2v) is 16.6. The van der Waals surface area contributed by atoms with Crippen molar-refractivity contribution in [1.29, 1.82) is 0 Å². The molecule has 0 spiro atoms. The molecule has 0 aromatic heterocycles. The number of rotatable bonds is 15. The molecule has 12 nitrogen and oxygen atoms in total. The largest absolute Gasteiger partial charge is 0.493 e. The zero-order valence-electron chi connectivity index (χ0n) is 30.9. The number of fused-ring (bicyclic) bond motifs is 1. The van der Waals surface area contributed by atoms with Gasteiger partial charge >= 0.3 is 0 Å². The Morgan fingerprint density at radius 2 is 1.66 bits per heavy atom. The number of carbonyl (C=O) groups excluding carboxylic acids is 1. The van der Waals surface area contributed by atoms with Crippen LogP contribution in [0.5, 0.6) is 5.75 Å². The molecule has 0 bridgehead atoms. The zero-order chi connectivity index (χ0) is 38.3. The predicted octanol–water partition coefficient (Wildman–Crippen LogP) is 6.21. The summed E-state index contributed by atoms with van der Waals surface area (Å²) in [4.78, 5) is 26.0. The number of aryl methyl sites for hydroxylation is 4. The summed E-state index contributed by atoms with van der Waals surface area (Å²) in [5.74, 6) is -0.0232. The second-order valence-electron chi connectivity index (χ2n) is 12.9. The van der Waals surface area contributed by atoms with Crippen LogP contribution in [0.3, 0.4) is 0 Å². The van der Waals surface area contributed by atoms with Gasteiger partial charge in [0, 0.05) is 44.0 Å². The van der Waals surface area contributed by atoms with Crippen LogP contribution in [0.4, 0.5) is 22.7 Å². The number of para-hydroxylation sites is 2. The third-order valence-corrected chi connectivity index (χ3v) is 11.3. The van der Waals surface area contributed by atoms with E-state index in [1.165, 1.54) is 6.07 Å². The summed E-state index contributed by atoms with van der Waals surface area (Å²) >= 11 is 0. The van der Waals surface area contributed by atoms with Gasteiger partial charge in [0.15, 0.2) is 11.5 Å². The number of nitrogens with one attached hydrogen (secondary N) is 2. The molecule has 1 aliphatic rings. The summed E-state index contributed by atoms with van der Waals surface area (Å²) in [5.41, 5.74) is 5.46. The predicted molar refractivity (Wildman–Crippen MR) is 212 cm³/mol. The lowest BCUT2D eigenvalue weighted by molar-refractivity contribution is -0.110. The van der Waals surface area contributed by atoms with Crippen molar-refractivity contribution < 1.29 is 26.4 Å². The minimum Gasteiger partial charge on any atom is -0.493 e. The van der Waals surface area contributed by atoms with E-state index in [2.05, 4.69) is 10.0 Å². The van der Waals surface area contributed by atoms with E-state index in [-0.39, 0.29) is 41.8 Å². The van der Waals surface area contributed by atoms with Gasteiger partial charge in [0.2, 0.25) is 10.0 Å². The Hall–Kier alpha value is -5.05. The number of ether oxygens (including phenoxy) is 1. The van der Waals surface area contributed by atoms with Gasteiger partial charge in [-0.05, 0) is 93.8 Å². The van der Waals surface area contributed by atoms with E-state index in [1.807, 2.05) is 82.0 Å². The maximum absolute atomic E-state index is 14.3. The fourth-order valence-corrected chi connectivity index (χ4v) is 7.99. The highest BCUT2D eigenvalue weighted by Crippen LogP contribution is 2.34. The van der Waals surface area contributed by atoms with Crippen LogP contribution in [0, 0.1) is 27.7 Å². The van der Waals surface area contributed by atoms with Gasteiger partial charge < -0.3 is 15.0 Å². The zero-order valence-corrected chi connectivity index (χ0v) is 32.5. The van der Waals surface area contributed by atoms with Gasteiger partial charge in [-0.15, -0.1) is 0 Å². The number of carbonyl (C=O) groups is 1. The third-order valence-electron chi connectivity index (χ3n) is 8.72. The van der Waals surface area contributed by atoms with Crippen molar-refractivity contribution in [3.05, 3.63) is 107 Å². The fraction of sp³-hybridized carbons (Fsp3) is 0.308. The third kappa shape index (κ3) is 9.69. The molecule has 0 saturated heterocycles. The van der Waals surface area contributed by atoms with E-state index in [0.29, 0.717) is 42.2 Å². The Morgan fingerprint density at radius 1 is 0.925 bits per heavy atom.